The molecule has 0 spiro atoms. The Bertz CT molecular complexity index is 1510. The summed E-state index contributed by atoms with van der Waals surface area (Å²) in [6, 6.07) is 4.97. The molecule has 0 saturated heterocycles. The number of carbonyl (C=O) groups excluding carboxylic acids is 1. The summed E-state index contributed by atoms with van der Waals surface area (Å²) in [4.78, 5) is 19.5. The molecule has 1 fully saturated rings. The molecule has 42 heavy (non-hydrogen) atoms. The van der Waals surface area contributed by atoms with Crippen molar-refractivity contribution in [2.24, 2.45) is 5.73 Å². The minimum atomic E-state index is -4.57. The van der Waals surface area contributed by atoms with Crippen molar-refractivity contribution in [3.05, 3.63) is 48.1 Å². The number of ether oxygens (including phenoxy) is 3. The van der Waals surface area contributed by atoms with Crippen LogP contribution in [0.1, 0.15) is 25.8 Å². The SMILES string of the molecule is CC(Cn1cnnn1)Oc1cc(-c2cnc(Nc3cn([C@H]4C[C@H](OC(N)=O)C4)nc3OCC(F)(F)F)nc2)ccc1Cl. The predicted molar refractivity (Wildman–Crippen MR) is 140 cm³/mol. The standard InChI is InChI=1S/C24H24ClF3N10O4/c1-13(9-37-12-32-35-36-37)41-20-4-14(2-3-18(20)25)15-7-30-23(31-8-15)33-19-10-38(16-5-17(6-16)42-22(29)39)34-21(19)40-11-24(26,27)28/h2-4,7-8,10,12-13,16-17H,5-6,9,11H2,1H3,(H2,29,39)(H,30,31,33)/t13?,16-,17-. The number of amides is 1. The van der Waals surface area contributed by atoms with Crippen molar-refractivity contribution in [3.8, 4) is 22.8 Å². The van der Waals surface area contributed by atoms with Crippen molar-refractivity contribution < 1.29 is 32.2 Å². The lowest BCUT2D eigenvalue weighted by Gasteiger charge is -2.33. The zero-order valence-electron chi connectivity index (χ0n) is 21.9. The van der Waals surface area contributed by atoms with Gasteiger partial charge in [0.25, 0.3) is 5.88 Å². The molecule has 0 aliphatic heterocycles. The summed E-state index contributed by atoms with van der Waals surface area (Å²) in [6.45, 7) is 0.720. The predicted octanol–water partition coefficient (Wildman–Crippen LogP) is 3.93. The molecule has 0 bridgehead atoms. The minimum absolute atomic E-state index is 0.0965. The fraction of sp³-hybridized carbons (Fsp3) is 0.375. The normalized spacial score (nSPS) is 17.3. The first kappa shape index (κ1) is 28.8. The highest BCUT2D eigenvalue weighted by molar-refractivity contribution is 6.32. The molecular weight excluding hydrogens is 585 g/mol. The van der Waals surface area contributed by atoms with Crippen LogP contribution in [0.15, 0.2) is 43.1 Å². The summed E-state index contributed by atoms with van der Waals surface area (Å²) in [7, 11) is 0. The number of benzene rings is 1. The number of aromatic nitrogens is 8. The van der Waals surface area contributed by atoms with Gasteiger partial charge in [0.15, 0.2) is 6.61 Å². The van der Waals surface area contributed by atoms with E-state index >= 15 is 0 Å². The molecule has 3 heterocycles. The molecule has 1 aromatic carbocycles. The number of primary amides is 1. The molecule has 14 nitrogen and oxygen atoms in total. The smallest absolute Gasteiger partial charge is 0.422 e. The Balaban J connectivity index is 1.28. The maximum Gasteiger partial charge on any atom is 0.422 e. The summed E-state index contributed by atoms with van der Waals surface area (Å²) in [6.07, 6.45) is 0.678. The molecule has 1 aliphatic rings. The van der Waals surface area contributed by atoms with Gasteiger partial charge in [0.05, 0.1) is 23.8 Å². The van der Waals surface area contributed by atoms with Crippen LogP contribution in [0.5, 0.6) is 11.6 Å². The number of alkyl halides is 3. The van der Waals surface area contributed by atoms with Crippen molar-refractivity contribution in [1.82, 2.24) is 40.0 Å². The van der Waals surface area contributed by atoms with E-state index in [0.717, 1.165) is 5.56 Å². The van der Waals surface area contributed by atoms with Gasteiger partial charge >= 0.3 is 12.3 Å². The fourth-order valence-corrected chi connectivity index (χ4v) is 4.30. The van der Waals surface area contributed by atoms with Gasteiger partial charge in [-0.25, -0.2) is 19.4 Å². The molecule has 1 atom stereocenters. The zero-order valence-corrected chi connectivity index (χ0v) is 22.7. The maximum atomic E-state index is 12.8. The van der Waals surface area contributed by atoms with Crippen LogP contribution in [0.2, 0.25) is 5.02 Å². The molecule has 4 aromatic rings. The van der Waals surface area contributed by atoms with E-state index in [1.807, 2.05) is 6.92 Å². The van der Waals surface area contributed by atoms with Crippen molar-refractivity contribution in [3.63, 3.8) is 0 Å². The third-order valence-corrected chi connectivity index (χ3v) is 6.44. The van der Waals surface area contributed by atoms with Crippen molar-refractivity contribution in [2.75, 3.05) is 11.9 Å². The molecule has 18 heteroatoms. The number of rotatable bonds is 11. The van der Waals surface area contributed by atoms with Gasteiger partial charge in [-0.3, -0.25) is 4.68 Å². The van der Waals surface area contributed by atoms with Gasteiger partial charge in [-0.1, -0.05) is 17.7 Å². The molecule has 1 saturated carbocycles. The van der Waals surface area contributed by atoms with E-state index in [1.54, 1.807) is 18.2 Å². The van der Waals surface area contributed by atoms with Gasteiger partial charge < -0.3 is 25.3 Å². The van der Waals surface area contributed by atoms with Crippen LogP contribution in [-0.2, 0) is 11.3 Å². The molecule has 1 unspecified atom stereocenters. The number of hydrogen-bond acceptors (Lipinski definition) is 11. The van der Waals surface area contributed by atoms with Crippen LogP contribution in [0.4, 0.5) is 29.6 Å². The Morgan fingerprint density at radius 2 is 2.00 bits per heavy atom. The number of nitrogens with zero attached hydrogens (tertiary/aromatic N) is 8. The Kier molecular flexibility index (Phi) is 8.28. The van der Waals surface area contributed by atoms with E-state index in [0.29, 0.717) is 35.7 Å². The molecule has 1 amide bonds. The summed E-state index contributed by atoms with van der Waals surface area (Å²) >= 11 is 6.33. The van der Waals surface area contributed by atoms with Crippen molar-refractivity contribution in [2.45, 2.75) is 50.7 Å². The monoisotopic (exact) mass is 608 g/mol. The second-order valence-electron chi connectivity index (χ2n) is 9.44. The van der Waals surface area contributed by atoms with Gasteiger partial charge in [0.1, 0.15) is 30.0 Å². The molecule has 5 rings (SSSR count). The quantitative estimate of drug-likeness (QED) is 0.253. The minimum Gasteiger partial charge on any atom is -0.487 e. The topological polar surface area (TPSA) is 170 Å². The first-order valence-electron chi connectivity index (χ1n) is 12.5. The van der Waals surface area contributed by atoms with E-state index in [1.165, 1.54) is 34.3 Å². The number of nitrogens with two attached hydrogens (primary N) is 1. The third kappa shape index (κ3) is 7.34. The van der Waals surface area contributed by atoms with Gasteiger partial charge in [-0.2, -0.15) is 13.2 Å². The highest BCUT2D eigenvalue weighted by atomic mass is 35.5. The average Bonchev–Trinajstić information content (AvgIpc) is 3.56. The van der Waals surface area contributed by atoms with Crippen molar-refractivity contribution in [1.29, 1.82) is 0 Å². The van der Waals surface area contributed by atoms with Gasteiger partial charge in [-0.05, 0) is 35.0 Å². The molecule has 1 aliphatic carbocycles. The fourth-order valence-electron chi connectivity index (χ4n) is 4.14. The van der Waals surface area contributed by atoms with Crippen LogP contribution in [0.25, 0.3) is 11.1 Å². The van der Waals surface area contributed by atoms with E-state index in [4.69, 9.17) is 31.5 Å². The van der Waals surface area contributed by atoms with E-state index in [-0.39, 0.29) is 29.7 Å². The number of nitrogens with one attached hydrogen (secondary N) is 1. The van der Waals surface area contributed by atoms with Gasteiger partial charge in [0.2, 0.25) is 5.95 Å². The van der Waals surface area contributed by atoms with Crippen LogP contribution in [0.3, 0.4) is 0 Å². The largest absolute Gasteiger partial charge is 0.487 e. The highest BCUT2D eigenvalue weighted by Crippen LogP contribution is 2.37. The number of anilines is 2. The lowest BCUT2D eigenvalue weighted by Crippen LogP contribution is -2.36. The lowest BCUT2D eigenvalue weighted by molar-refractivity contribution is -0.154. The highest BCUT2D eigenvalue weighted by Gasteiger charge is 2.35. The summed E-state index contributed by atoms with van der Waals surface area (Å²) < 4.78 is 57.3. The molecule has 222 valence electrons. The van der Waals surface area contributed by atoms with Crippen LogP contribution >= 0.6 is 11.6 Å². The number of halogens is 4. The van der Waals surface area contributed by atoms with Crippen LogP contribution in [-0.4, -0.2) is 71.0 Å². The molecule has 0 radical (unpaired) electrons. The second kappa shape index (κ2) is 12.1. The molecule has 3 aromatic heterocycles. The van der Waals surface area contributed by atoms with Gasteiger partial charge in [0, 0.05) is 30.8 Å². The van der Waals surface area contributed by atoms with E-state index in [9.17, 15) is 18.0 Å². The third-order valence-electron chi connectivity index (χ3n) is 6.12. The lowest BCUT2D eigenvalue weighted by atomic mass is 9.89. The Hall–Kier alpha value is -4.67. The maximum absolute atomic E-state index is 12.8. The second-order valence-corrected chi connectivity index (χ2v) is 9.85. The first-order valence-corrected chi connectivity index (χ1v) is 12.9. The Morgan fingerprint density at radius 1 is 1.24 bits per heavy atom. The van der Waals surface area contributed by atoms with Crippen LogP contribution in [0, 0.1) is 0 Å². The Morgan fingerprint density at radius 3 is 2.67 bits per heavy atom. The number of hydrogen-bond donors (Lipinski definition) is 2. The van der Waals surface area contributed by atoms with E-state index in [2.05, 4.69) is 35.9 Å². The van der Waals surface area contributed by atoms with Crippen molar-refractivity contribution >= 4 is 29.3 Å². The summed E-state index contributed by atoms with van der Waals surface area (Å²) in [5, 5.41) is 18.4. The summed E-state index contributed by atoms with van der Waals surface area (Å²) in [5.41, 5.74) is 6.51. The zero-order chi connectivity index (χ0) is 29.9. The first-order chi connectivity index (χ1) is 20.0. The Labute approximate surface area is 240 Å². The molecular formula is C24H24ClF3N10O4. The number of carbonyl (C=O) groups is 1. The van der Waals surface area contributed by atoms with Gasteiger partial charge in [-0.15, -0.1) is 10.2 Å². The molecule has 3 N–H and O–H groups in total. The number of tetrazole rings is 1. The summed E-state index contributed by atoms with van der Waals surface area (Å²) in [5.74, 6) is 0.254. The average molecular weight is 609 g/mol. The van der Waals surface area contributed by atoms with Crippen LogP contribution < -0.4 is 20.5 Å². The van der Waals surface area contributed by atoms with E-state index < -0.39 is 25.0 Å².